The van der Waals surface area contributed by atoms with Gasteiger partial charge in [0.2, 0.25) is 11.2 Å². The smallest absolute Gasteiger partial charge is 0.228 e. The van der Waals surface area contributed by atoms with Crippen LogP contribution in [0, 0.1) is 0 Å². The number of thioether (sulfide) groups is 1. The van der Waals surface area contributed by atoms with Gasteiger partial charge in [-0.1, -0.05) is 37.9 Å². The molecule has 0 atom stereocenters. The second-order valence-electron chi connectivity index (χ2n) is 4.52. The summed E-state index contributed by atoms with van der Waals surface area (Å²) in [5.74, 6) is 0.593. The van der Waals surface area contributed by atoms with Gasteiger partial charge in [-0.2, -0.15) is 15.0 Å². The summed E-state index contributed by atoms with van der Waals surface area (Å²) in [6.07, 6.45) is 7.54. The van der Waals surface area contributed by atoms with E-state index in [9.17, 15) is 0 Å². The maximum Gasteiger partial charge on any atom is 0.228 e. The van der Waals surface area contributed by atoms with Crippen molar-refractivity contribution >= 4 is 29.3 Å². The summed E-state index contributed by atoms with van der Waals surface area (Å²) in [5, 5.41) is 4.82. The largest absolute Gasteiger partial charge is 0.354 e. The predicted molar refractivity (Wildman–Crippen MR) is 76.3 cm³/mol. The number of nitrogens with zero attached hydrogens (tertiary/aromatic N) is 3. The molecule has 1 heterocycles. The van der Waals surface area contributed by atoms with Gasteiger partial charge in [-0.25, -0.2) is 0 Å². The summed E-state index contributed by atoms with van der Waals surface area (Å²) in [6, 6.07) is 0. The van der Waals surface area contributed by atoms with Crippen LogP contribution >= 0.6 is 23.4 Å². The van der Waals surface area contributed by atoms with Gasteiger partial charge < -0.3 is 5.32 Å². The Hall–Kier alpha value is -0.550. The lowest BCUT2D eigenvalue weighted by atomic mass is 10.0. The van der Waals surface area contributed by atoms with Gasteiger partial charge in [0, 0.05) is 11.8 Å². The van der Waals surface area contributed by atoms with Crippen molar-refractivity contribution in [3.05, 3.63) is 5.28 Å². The van der Waals surface area contributed by atoms with Crippen LogP contribution in [0.3, 0.4) is 0 Å². The summed E-state index contributed by atoms with van der Waals surface area (Å²) in [7, 11) is 0. The molecule has 18 heavy (non-hydrogen) atoms. The number of anilines is 1. The number of hydrogen-bond acceptors (Lipinski definition) is 5. The SMILES string of the molecule is CCCNc1nc(Cl)nc(SC2CCCCC2)n1. The van der Waals surface area contributed by atoms with E-state index in [0.29, 0.717) is 11.2 Å². The molecule has 0 aliphatic heterocycles. The first kappa shape index (κ1) is 13.9. The van der Waals surface area contributed by atoms with E-state index in [4.69, 9.17) is 11.6 Å². The third kappa shape index (κ3) is 4.28. The fraction of sp³-hybridized carbons (Fsp3) is 0.750. The first-order valence-corrected chi connectivity index (χ1v) is 7.86. The van der Waals surface area contributed by atoms with Crippen LogP contribution in [-0.4, -0.2) is 26.7 Å². The van der Waals surface area contributed by atoms with Gasteiger partial charge in [-0.05, 0) is 30.9 Å². The number of halogens is 1. The standard InChI is InChI=1S/C12H19ClN4S/c1-2-8-14-11-15-10(13)16-12(17-11)18-9-6-4-3-5-7-9/h9H,2-8H2,1H3,(H,14,15,16,17). The third-order valence-electron chi connectivity index (χ3n) is 2.94. The summed E-state index contributed by atoms with van der Waals surface area (Å²) in [6.45, 7) is 2.96. The Labute approximate surface area is 117 Å². The van der Waals surface area contributed by atoms with E-state index < -0.39 is 0 Å². The lowest BCUT2D eigenvalue weighted by Gasteiger charge is -2.20. The molecule has 6 heteroatoms. The minimum Gasteiger partial charge on any atom is -0.354 e. The molecule has 1 fully saturated rings. The van der Waals surface area contributed by atoms with Crippen LogP contribution in [0.1, 0.15) is 45.4 Å². The molecule has 1 aliphatic carbocycles. The molecule has 1 saturated carbocycles. The van der Waals surface area contributed by atoms with Gasteiger partial charge in [0.1, 0.15) is 0 Å². The van der Waals surface area contributed by atoms with Crippen LogP contribution in [0.2, 0.25) is 5.28 Å². The van der Waals surface area contributed by atoms with Crippen molar-refractivity contribution in [2.24, 2.45) is 0 Å². The highest BCUT2D eigenvalue weighted by Crippen LogP contribution is 2.32. The minimum absolute atomic E-state index is 0.280. The Morgan fingerprint density at radius 3 is 2.72 bits per heavy atom. The Kier molecular flexibility index (Phi) is 5.50. The van der Waals surface area contributed by atoms with Gasteiger partial charge in [0.05, 0.1) is 0 Å². The molecule has 1 aromatic rings. The second kappa shape index (κ2) is 7.14. The van der Waals surface area contributed by atoms with E-state index in [2.05, 4.69) is 27.2 Å². The minimum atomic E-state index is 0.280. The average Bonchev–Trinajstić information content (AvgIpc) is 2.37. The van der Waals surface area contributed by atoms with Gasteiger partial charge in [-0.15, -0.1) is 0 Å². The van der Waals surface area contributed by atoms with E-state index in [0.717, 1.165) is 18.1 Å². The zero-order valence-corrected chi connectivity index (χ0v) is 12.2. The molecule has 1 N–H and O–H groups in total. The van der Waals surface area contributed by atoms with Crippen LogP contribution in [-0.2, 0) is 0 Å². The highest BCUT2D eigenvalue weighted by Gasteiger charge is 2.17. The fourth-order valence-electron chi connectivity index (χ4n) is 2.03. The van der Waals surface area contributed by atoms with Crippen LogP contribution in [0.4, 0.5) is 5.95 Å². The van der Waals surface area contributed by atoms with E-state index in [1.807, 2.05) is 0 Å². The lowest BCUT2D eigenvalue weighted by molar-refractivity contribution is 0.515. The average molecular weight is 287 g/mol. The van der Waals surface area contributed by atoms with Crippen molar-refractivity contribution in [2.45, 2.75) is 55.9 Å². The molecule has 0 amide bonds. The van der Waals surface area contributed by atoms with Crippen LogP contribution in [0.5, 0.6) is 0 Å². The van der Waals surface area contributed by atoms with Crippen molar-refractivity contribution in [3.8, 4) is 0 Å². The molecule has 1 aromatic heterocycles. The highest BCUT2D eigenvalue weighted by molar-refractivity contribution is 7.99. The van der Waals surface area contributed by atoms with Crippen molar-refractivity contribution in [1.29, 1.82) is 0 Å². The Morgan fingerprint density at radius 2 is 2.00 bits per heavy atom. The third-order valence-corrected chi connectivity index (χ3v) is 4.31. The molecule has 0 saturated heterocycles. The summed E-state index contributed by atoms with van der Waals surface area (Å²) in [5.41, 5.74) is 0. The van der Waals surface area contributed by atoms with E-state index in [-0.39, 0.29) is 5.28 Å². The van der Waals surface area contributed by atoms with Crippen molar-refractivity contribution in [1.82, 2.24) is 15.0 Å². The topological polar surface area (TPSA) is 50.7 Å². The van der Waals surface area contributed by atoms with Gasteiger partial charge in [0.15, 0.2) is 5.16 Å². The molecule has 0 spiro atoms. The number of aromatic nitrogens is 3. The number of hydrogen-bond donors (Lipinski definition) is 1. The Morgan fingerprint density at radius 1 is 1.22 bits per heavy atom. The lowest BCUT2D eigenvalue weighted by Crippen LogP contribution is -2.10. The highest BCUT2D eigenvalue weighted by atomic mass is 35.5. The quantitative estimate of drug-likeness (QED) is 0.893. The van der Waals surface area contributed by atoms with Crippen LogP contribution in [0.15, 0.2) is 5.16 Å². The van der Waals surface area contributed by atoms with Crippen molar-refractivity contribution in [2.75, 3.05) is 11.9 Å². The van der Waals surface area contributed by atoms with E-state index in [1.54, 1.807) is 11.8 Å². The fourth-order valence-corrected chi connectivity index (χ4v) is 3.39. The molecule has 0 unspecified atom stereocenters. The maximum atomic E-state index is 5.93. The van der Waals surface area contributed by atoms with Crippen molar-refractivity contribution in [3.63, 3.8) is 0 Å². The van der Waals surface area contributed by atoms with Gasteiger partial charge in [0.25, 0.3) is 0 Å². The Balaban J connectivity index is 1.99. The normalized spacial score (nSPS) is 16.8. The maximum absolute atomic E-state index is 5.93. The molecular formula is C12H19ClN4S. The van der Waals surface area contributed by atoms with E-state index >= 15 is 0 Å². The first-order valence-electron chi connectivity index (χ1n) is 6.60. The molecule has 0 radical (unpaired) electrons. The van der Waals surface area contributed by atoms with Gasteiger partial charge in [-0.3, -0.25) is 0 Å². The van der Waals surface area contributed by atoms with Crippen LogP contribution in [0.25, 0.3) is 0 Å². The molecule has 1 aliphatic rings. The zero-order chi connectivity index (χ0) is 12.8. The summed E-state index contributed by atoms with van der Waals surface area (Å²) < 4.78 is 0. The number of nitrogens with one attached hydrogen (secondary N) is 1. The molecular weight excluding hydrogens is 268 g/mol. The first-order chi connectivity index (χ1) is 8.78. The zero-order valence-electron chi connectivity index (χ0n) is 10.7. The predicted octanol–water partition coefficient (Wildman–Crippen LogP) is 3.77. The summed E-state index contributed by atoms with van der Waals surface area (Å²) >= 11 is 7.67. The summed E-state index contributed by atoms with van der Waals surface area (Å²) in [4.78, 5) is 12.7. The van der Waals surface area contributed by atoms with Crippen LogP contribution < -0.4 is 5.32 Å². The van der Waals surface area contributed by atoms with Gasteiger partial charge >= 0.3 is 0 Å². The monoisotopic (exact) mass is 286 g/mol. The Bertz CT molecular complexity index is 382. The molecule has 100 valence electrons. The second-order valence-corrected chi connectivity index (χ2v) is 6.12. The molecule has 0 aromatic carbocycles. The molecule has 0 bridgehead atoms. The van der Waals surface area contributed by atoms with E-state index in [1.165, 1.54) is 32.1 Å². The molecule has 4 nitrogen and oxygen atoms in total. The van der Waals surface area contributed by atoms with Crippen molar-refractivity contribution < 1.29 is 0 Å². The number of rotatable bonds is 5. The molecule has 2 rings (SSSR count).